The van der Waals surface area contributed by atoms with Gasteiger partial charge in [-0.3, -0.25) is 0 Å². The Balaban J connectivity index is 5.08. The highest BCUT2D eigenvalue weighted by atomic mass is 32.2. The van der Waals surface area contributed by atoms with Gasteiger partial charge in [0.25, 0.3) is 0 Å². The maximum absolute atomic E-state index is 10.9. The van der Waals surface area contributed by atoms with Gasteiger partial charge < -0.3 is 0 Å². The van der Waals surface area contributed by atoms with E-state index in [1.807, 2.05) is 0 Å². The van der Waals surface area contributed by atoms with E-state index in [0.29, 0.717) is 5.57 Å². The molecular weight excluding hydrogens is 174 g/mol. The summed E-state index contributed by atoms with van der Waals surface area (Å²) in [5.41, 5.74) is 0.440. The third-order valence-electron chi connectivity index (χ3n) is 1.17. The molecule has 0 aliphatic carbocycles. The van der Waals surface area contributed by atoms with Crippen LogP contribution in [0.5, 0.6) is 0 Å². The molecule has 0 bridgehead atoms. The van der Waals surface area contributed by atoms with Crippen LogP contribution < -0.4 is 5.14 Å². The number of primary sulfonamides is 1. The summed E-state index contributed by atoms with van der Waals surface area (Å²) >= 11 is 0. The van der Waals surface area contributed by atoms with Crippen molar-refractivity contribution in [2.24, 2.45) is 5.14 Å². The van der Waals surface area contributed by atoms with Crippen molar-refractivity contribution in [1.29, 1.82) is 0 Å². The summed E-state index contributed by atoms with van der Waals surface area (Å²) < 4.78 is 21.8. The third-order valence-corrected chi connectivity index (χ3v) is 2.26. The van der Waals surface area contributed by atoms with Crippen molar-refractivity contribution in [3.05, 3.63) is 35.3 Å². The molecule has 68 valence electrons. The highest BCUT2D eigenvalue weighted by Gasteiger charge is 2.10. The van der Waals surface area contributed by atoms with Crippen molar-refractivity contribution in [2.45, 2.75) is 13.8 Å². The van der Waals surface area contributed by atoms with E-state index in [1.54, 1.807) is 26.0 Å². The zero-order chi connectivity index (χ0) is 9.78. The molecule has 0 rings (SSSR count). The van der Waals surface area contributed by atoms with Crippen LogP contribution in [0.3, 0.4) is 0 Å². The molecule has 2 N–H and O–H groups in total. The van der Waals surface area contributed by atoms with E-state index in [9.17, 15) is 8.42 Å². The van der Waals surface area contributed by atoms with Gasteiger partial charge >= 0.3 is 0 Å². The van der Waals surface area contributed by atoms with Gasteiger partial charge in [-0.2, -0.15) is 0 Å². The number of hydrogen-bond acceptors (Lipinski definition) is 2. The second-order valence-electron chi connectivity index (χ2n) is 2.38. The largest absolute Gasteiger partial charge is 0.238 e. The van der Waals surface area contributed by atoms with Crippen LogP contribution in [0.25, 0.3) is 0 Å². The van der Waals surface area contributed by atoms with Gasteiger partial charge in [0.05, 0.1) is 4.91 Å². The number of sulfonamides is 1. The molecule has 0 aromatic heterocycles. The van der Waals surface area contributed by atoms with Crippen LogP contribution in [0.15, 0.2) is 35.3 Å². The maximum Gasteiger partial charge on any atom is 0.238 e. The molecule has 0 aliphatic rings. The molecule has 0 saturated carbocycles. The highest BCUT2D eigenvalue weighted by molar-refractivity contribution is 7.93. The van der Waals surface area contributed by atoms with E-state index in [0.717, 1.165) is 0 Å². The summed E-state index contributed by atoms with van der Waals surface area (Å²) in [5.74, 6) is 0. The average molecular weight is 187 g/mol. The topological polar surface area (TPSA) is 60.2 Å². The summed E-state index contributed by atoms with van der Waals surface area (Å²) in [6, 6.07) is 0. The molecule has 0 heterocycles. The third kappa shape index (κ3) is 3.50. The first-order valence-corrected chi connectivity index (χ1v) is 4.96. The van der Waals surface area contributed by atoms with Gasteiger partial charge in [-0.05, 0) is 25.5 Å². The molecule has 0 aliphatic heterocycles. The molecule has 0 saturated heterocycles. The van der Waals surface area contributed by atoms with Crippen molar-refractivity contribution < 1.29 is 8.42 Å². The van der Waals surface area contributed by atoms with E-state index in [-0.39, 0.29) is 4.91 Å². The molecule has 0 amide bonds. The van der Waals surface area contributed by atoms with Crippen molar-refractivity contribution in [1.82, 2.24) is 0 Å². The second kappa shape index (κ2) is 4.23. The lowest BCUT2D eigenvalue weighted by Gasteiger charge is -2.01. The van der Waals surface area contributed by atoms with E-state index in [2.05, 4.69) is 6.58 Å². The van der Waals surface area contributed by atoms with Crippen LogP contribution in [0.1, 0.15) is 13.8 Å². The summed E-state index contributed by atoms with van der Waals surface area (Å²) in [7, 11) is -3.63. The Morgan fingerprint density at radius 1 is 1.50 bits per heavy atom. The molecular formula is C8H13NO2S. The first-order chi connectivity index (χ1) is 5.39. The summed E-state index contributed by atoms with van der Waals surface area (Å²) in [6.45, 7) is 6.90. The summed E-state index contributed by atoms with van der Waals surface area (Å²) in [4.78, 5) is 0.0700. The first-order valence-electron chi connectivity index (χ1n) is 3.41. The Morgan fingerprint density at radius 3 is 2.25 bits per heavy atom. The minimum Gasteiger partial charge on any atom is -0.225 e. The van der Waals surface area contributed by atoms with Crippen LogP contribution in [0.2, 0.25) is 0 Å². The number of allylic oxidation sites excluding steroid dienone is 4. The maximum atomic E-state index is 10.9. The zero-order valence-corrected chi connectivity index (χ0v) is 8.06. The lowest BCUT2D eigenvalue weighted by molar-refractivity contribution is 0.604. The van der Waals surface area contributed by atoms with Crippen molar-refractivity contribution >= 4 is 10.0 Å². The molecule has 12 heavy (non-hydrogen) atoms. The Bertz CT molecular complexity index is 323. The quantitative estimate of drug-likeness (QED) is 0.677. The number of rotatable bonds is 3. The SMILES string of the molecule is C=C(C)/C(=C\C=C/C)S(N)(=O)=O. The van der Waals surface area contributed by atoms with E-state index < -0.39 is 10.0 Å². The predicted octanol–water partition coefficient (Wildman–Crippen LogP) is 1.31. The molecule has 4 heteroatoms. The van der Waals surface area contributed by atoms with Crippen molar-refractivity contribution in [2.75, 3.05) is 0 Å². The summed E-state index contributed by atoms with van der Waals surface area (Å²) in [5, 5.41) is 4.93. The van der Waals surface area contributed by atoms with Gasteiger partial charge in [-0.1, -0.05) is 18.7 Å². The molecule has 0 unspecified atom stereocenters. The molecule has 0 radical (unpaired) electrons. The normalized spacial score (nSPS) is 13.8. The van der Waals surface area contributed by atoms with E-state index >= 15 is 0 Å². The molecule has 0 aromatic rings. The van der Waals surface area contributed by atoms with Crippen molar-refractivity contribution in [3.8, 4) is 0 Å². The van der Waals surface area contributed by atoms with Crippen LogP contribution in [0, 0.1) is 0 Å². The fourth-order valence-corrected chi connectivity index (χ4v) is 1.42. The van der Waals surface area contributed by atoms with Gasteiger partial charge in [0.15, 0.2) is 0 Å². The Morgan fingerprint density at radius 2 is 2.00 bits per heavy atom. The Hall–Kier alpha value is -0.870. The van der Waals surface area contributed by atoms with Gasteiger partial charge in [0, 0.05) is 0 Å². The monoisotopic (exact) mass is 187 g/mol. The molecule has 3 nitrogen and oxygen atoms in total. The minimum atomic E-state index is -3.63. The van der Waals surface area contributed by atoms with Crippen LogP contribution in [-0.2, 0) is 10.0 Å². The smallest absolute Gasteiger partial charge is 0.225 e. The fraction of sp³-hybridized carbons (Fsp3) is 0.250. The van der Waals surface area contributed by atoms with Crippen LogP contribution in [-0.4, -0.2) is 8.42 Å². The van der Waals surface area contributed by atoms with Crippen LogP contribution in [0.4, 0.5) is 0 Å². The molecule has 0 atom stereocenters. The van der Waals surface area contributed by atoms with Crippen molar-refractivity contribution in [3.63, 3.8) is 0 Å². The lowest BCUT2D eigenvalue weighted by atomic mass is 10.3. The van der Waals surface area contributed by atoms with Gasteiger partial charge in [0.2, 0.25) is 10.0 Å². The average Bonchev–Trinajstić information content (AvgIpc) is 1.84. The zero-order valence-electron chi connectivity index (χ0n) is 7.24. The van der Waals surface area contributed by atoms with Gasteiger partial charge in [0.1, 0.15) is 0 Å². The first kappa shape index (κ1) is 11.1. The minimum absolute atomic E-state index is 0.0700. The summed E-state index contributed by atoms with van der Waals surface area (Å²) in [6.07, 6.45) is 4.75. The number of nitrogens with two attached hydrogens (primary N) is 1. The second-order valence-corrected chi connectivity index (χ2v) is 3.91. The predicted molar refractivity (Wildman–Crippen MR) is 50.8 cm³/mol. The standard InChI is InChI=1S/C8H13NO2S/c1-4-5-6-8(7(2)3)12(9,10)11/h4-6H,2H2,1,3H3,(H2,9,10,11)/b5-4-,8-6+. The highest BCUT2D eigenvalue weighted by Crippen LogP contribution is 2.11. The molecule has 0 fully saturated rings. The van der Waals surface area contributed by atoms with Gasteiger partial charge in [-0.15, -0.1) is 0 Å². The van der Waals surface area contributed by atoms with E-state index in [4.69, 9.17) is 5.14 Å². The molecule has 0 aromatic carbocycles. The van der Waals surface area contributed by atoms with Gasteiger partial charge in [-0.25, -0.2) is 13.6 Å². The Labute approximate surface area is 73.3 Å². The Kier molecular flexibility index (Phi) is 3.92. The lowest BCUT2D eigenvalue weighted by Crippen LogP contribution is -2.14. The fourth-order valence-electron chi connectivity index (χ4n) is 0.664. The van der Waals surface area contributed by atoms with Crippen LogP contribution >= 0.6 is 0 Å². The molecule has 0 spiro atoms. The van der Waals surface area contributed by atoms with E-state index in [1.165, 1.54) is 6.08 Å². The number of hydrogen-bond donors (Lipinski definition) is 1.